The van der Waals surface area contributed by atoms with E-state index in [4.69, 9.17) is 0 Å². The third-order valence-corrected chi connectivity index (χ3v) is 4.98. The Kier molecular flexibility index (Phi) is 3.25. The van der Waals surface area contributed by atoms with Crippen LogP contribution >= 0.6 is 0 Å². The summed E-state index contributed by atoms with van der Waals surface area (Å²) in [6, 6.07) is 0.0903. The Morgan fingerprint density at radius 1 is 1.42 bits per heavy atom. The van der Waals surface area contributed by atoms with E-state index in [1.807, 2.05) is 4.90 Å². The lowest BCUT2D eigenvalue weighted by molar-refractivity contribution is -0.147. The smallest absolute Gasteiger partial charge is 0.230 e. The van der Waals surface area contributed by atoms with Crippen molar-refractivity contribution >= 4 is 11.8 Å². The fourth-order valence-corrected chi connectivity index (χ4v) is 3.79. The molecule has 0 saturated carbocycles. The van der Waals surface area contributed by atoms with Crippen LogP contribution in [0.1, 0.15) is 32.6 Å². The quantitative estimate of drug-likeness (QED) is 0.707. The molecule has 0 aromatic rings. The fourth-order valence-electron chi connectivity index (χ4n) is 3.79. The predicted molar refractivity (Wildman–Crippen MR) is 71.4 cm³/mol. The number of nitrogens with zero attached hydrogens (tertiary/aromatic N) is 1. The highest BCUT2D eigenvalue weighted by atomic mass is 16.2. The molecule has 19 heavy (non-hydrogen) atoms. The summed E-state index contributed by atoms with van der Waals surface area (Å²) in [5, 5.41) is 6.25. The van der Waals surface area contributed by atoms with Crippen LogP contribution in [-0.4, -0.2) is 48.9 Å². The predicted octanol–water partition coefficient (Wildman–Crippen LogP) is 0.113. The Hall–Kier alpha value is -1.10. The number of hydrogen-bond acceptors (Lipinski definition) is 3. The lowest BCUT2D eigenvalue weighted by Gasteiger charge is -2.43. The van der Waals surface area contributed by atoms with Gasteiger partial charge in [-0.25, -0.2) is 0 Å². The molecule has 3 saturated heterocycles. The molecular weight excluding hydrogens is 242 g/mol. The summed E-state index contributed by atoms with van der Waals surface area (Å²) in [6.07, 6.45) is 3.88. The highest BCUT2D eigenvalue weighted by Crippen LogP contribution is 2.34. The molecule has 0 bridgehead atoms. The molecule has 106 valence electrons. The zero-order valence-corrected chi connectivity index (χ0v) is 11.6. The third kappa shape index (κ3) is 2.14. The van der Waals surface area contributed by atoms with Crippen molar-refractivity contribution in [2.24, 2.45) is 11.3 Å². The number of fused-ring (bicyclic) bond motifs is 1. The fraction of sp³-hybridized carbons (Fsp3) is 0.857. The molecule has 2 N–H and O–H groups in total. The molecule has 3 unspecified atom stereocenters. The molecule has 0 radical (unpaired) electrons. The normalized spacial score (nSPS) is 38.8. The van der Waals surface area contributed by atoms with Crippen molar-refractivity contribution in [2.45, 2.75) is 38.6 Å². The van der Waals surface area contributed by atoms with Crippen LogP contribution < -0.4 is 10.6 Å². The number of likely N-dealkylation sites (tertiary alicyclic amines) is 1. The molecule has 3 atom stereocenters. The van der Waals surface area contributed by atoms with Gasteiger partial charge in [0, 0.05) is 19.6 Å². The van der Waals surface area contributed by atoms with E-state index < -0.39 is 0 Å². The second-order valence-corrected chi connectivity index (χ2v) is 6.40. The van der Waals surface area contributed by atoms with Gasteiger partial charge in [0.15, 0.2) is 0 Å². The van der Waals surface area contributed by atoms with E-state index in [1.165, 1.54) is 0 Å². The largest absolute Gasteiger partial charge is 0.354 e. The van der Waals surface area contributed by atoms with Crippen LogP contribution in [0.15, 0.2) is 0 Å². The topological polar surface area (TPSA) is 61.4 Å². The summed E-state index contributed by atoms with van der Waals surface area (Å²) in [6.45, 7) is 5.29. The van der Waals surface area contributed by atoms with E-state index in [2.05, 4.69) is 17.6 Å². The van der Waals surface area contributed by atoms with Gasteiger partial charge in [0.2, 0.25) is 11.8 Å². The van der Waals surface area contributed by atoms with E-state index in [0.29, 0.717) is 6.54 Å². The third-order valence-electron chi connectivity index (χ3n) is 4.98. The Balaban J connectivity index is 1.77. The van der Waals surface area contributed by atoms with E-state index in [-0.39, 0.29) is 29.2 Å². The monoisotopic (exact) mass is 265 g/mol. The first-order valence-electron chi connectivity index (χ1n) is 7.41. The summed E-state index contributed by atoms with van der Waals surface area (Å²) in [5.74, 6) is 0.401. The summed E-state index contributed by atoms with van der Waals surface area (Å²) >= 11 is 0. The molecule has 3 fully saturated rings. The van der Waals surface area contributed by atoms with E-state index in [9.17, 15) is 9.59 Å². The highest BCUT2D eigenvalue weighted by molar-refractivity contribution is 5.87. The first-order valence-corrected chi connectivity index (χ1v) is 7.41. The molecule has 2 amide bonds. The van der Waals surface area contributed by atoms with Crippen LogP contribution in [0.4, 0.5) is 0 Å². The molecule has 5 nitrogen and oxygen atoms in total. The van der Waals surface area contributed by atoms with Crippen LogP contribution in [-0.2, 0) is 9.59 Å². The highest BCUT2D eigenvalue weighted by Gasteiger charge is 2.47. The second-order valence-electron chi connectivity index (χ2n) is 6.40. The van der Waals surface area contributed by atoms with Crippen LogP contribution in [0.5, 0.6) is 0 Å². The van der Waals surface area contributed by atoms with Crippen LogP contribution in [0.2, 0.25) is 0 Å². The zero-order chi connectivity index (χ0) is 13.5. The molecule has 0 aromatic heterocycles. The van der Waals surface area contributed by atoms with Gasteiger partial charge in [0.1, 0.15) is 0 Å². The van der Waals surface area contributed by atoms with Crippen molar-refractivity contribution < 1.29 is 9.59 Å². The number of carbonyl (C=O) groups is 2. The number of piperidine rings is 2. The maximum absolute atomic E-state index is 12.9. The van der Waals surface area contributed by atoms with E-state index >= 15 is 0 Å². The van der Waals surface area contributed by atoms with Gasteiger partial charge in [0.25, 0.3) is 0 Å². The molecule has 5 heteroatoms. The average molecular weight is 265 g/mol. The molecule has 3 aliphatic rings. The van der Waals surface area contributed by atoms with Crippen molar-refractivity contribution in [3.8, 4) is 0 Å². The molecule has 0 aromatic carbocycles. The molecule has 3 rings (SSSR count). The van der Waals surface area contributed by atoms with Crippen LogP contribution in [0.25, 0.3) is 0 Å². The van der Waals surface area contributed by atoms with E-state index in [0.717, 1.165) is 45.3 Å². The van der Waals surface area contributed by atoms with Gasteiger partial charge in [0.05, 0.1) is 17.4 Å². The number of hydrogen-bond donors (Lipinski definition) is 2. The second kappa shape index (κ2) is 4.78. The van der Waals surface area contributed by atoms with Crippen molar-refractivity contribution in [3.05, 3.63) is 0 Å². The Morgan fingerprint density at radius 2 is 2.26 bits per heavy atom. The van der Waals surface area contributed by atoms with Crippen molar-refractivity contribution in [3.63, 3.8) is 0 Å². The molecule has 3 heterocycles. The van der Waals surface area contributed by atoms with Crippen LogP contribution in [0, 0.1) is 11.3 Å². The Labute approximate surface area is 114 Å². The van der Waals surface area contributed by atoms with Gasteiger partial charge in [-0.15, -0.1) is 0 Å². The maximum Gasteiger partial charge on any atom is 0.230 e. The van der Waals surface area contributed by atoms with Crippen molar-refractivity contribution in [1.82, 2.24) is 15.5 Å². The standard InChI is InChI=1S/C14H23N3O2/c1-14(5-3-6-15-9-14)13(19)17-7-2-4-10-11(17)8-16-12(10)18/h10-11,15H,2-9H2,1H3,(H,16,18). The summed E-state index contributed by atoms with van der Waals surface area (Å²) in [7, 11) is 0. The lowest BCUT2D eigenvalue weighted by Crippen LogP contribution is -2.56. The summed E-state index contributed by atoms with van der Waals surface area (Å²) < 4.78 is 0. The summed E-state index contributed by atoms with van der Waals surface area (Å²) in [5.41, 5.74) is -0.286. The molecule has 0 aliphatic carbocycles. The van der Waals surface area contributed by atoms with Gasteiger partial charge in [-0.1, -0.05) is 0 Å². The minimum absolute atomic E-state index is 0.0258. The maximum atomic E-state index is 12.9. The van der Waals surface area contributed by atoms with Gasteiger partial charge in [-0.3, -0.25) is 9.59 Å². The van der Waals surface area contributed by atoms with Gasteiger partial charge in [-0.05, 0) is 39.2 Å². The number of nitrogens with one attached hydrogen (secondary N) is 2. The van der Waals surface area contributed by atoms with E-state index in [1.54, 1.807) is 0 Å². The number of amides is 2. The minimum Gasteiger partial charge on any atom is -0.354 e. The van der Waals surface area contributed by atoms with Gasteiger partial charge < -0.3 is 15.5 Å². The lowest BCUT2D eigenvalue weighted by atomic mass is 9.79. The van der Waals surface area contributed by atoms with Crippen molar-refractivity contribution in [1.29, 1.82) is 0 Å². The number of carbonyl (C=O) groups excluding carboxylic acids is 2. The SMILES string of the molecule is CC1(C(=O)N2CCCC3C(=O)NCC32)CCCNC1. The zero-order valence-electron chi connectivity index (χ0n) is 11.6. The number of rotatable bonds is 1. The minimum atomic E-state index is -0.286. The first-order chi connectivity index (χ1) is 9.12. The average Bonchev–Trinajstić information content (AvgIpc) is 2.81. The van der Waals surface area contributed by atoms with Crippen molar-refractivity contribution in [2.75, 3.05) is 26.2 Å². The Morgan fingerprint density at radius 3 is 3.00 bits per heavy atom. The van der Waals surface area contributed by atoms with Gasteiger partial charge in [-0.2, -0.15) is 0 Å². The molecule has 0 spiro atoms. The molecular formula is C14H23N3O2. The van der Waals surface area contributed by atoms with Gasteiger partial charge >= 0.3 is 0 Å². The summed E-state index contributed by atoms with van der Waals surface area (Å²) in [4.78, 5) is 26.6. The first kappa shape index (κ1) is 12.9. The Bertz CT molecular complexity index is 390. The molecule has 3 aliphatic heterocycles. The van der Waals surface area contributed by atoms with Crippen LogP contribution in [0.3, 0.4) is 0 Å².